The van der Waals surface area contributed by atoms with Gasteiger partial charge < -0.3 is 9.69 Å². The van der Waals surface area contributed by atoms with E-state index in [2.05, 4.69) is 25.7 Å². The van der Waals surface area contributed by atoms with Gasteiger partial charge in [-0.1, -0.05) is 27.2 Å². The van der Waals surface area contributed by atoms with Crippen LogP contribution in [-0.4, -0.2) is 29.2 Å². The lowest BCUT2D eigenvalue weighted by atomic mass is 9.52. The molecule has 4 aliphatic carbocycles. The molecule has 0 atom stereocenters. The second-order valence-electron chi connectivity index (χ2n) is 9.86. The first-order chi connectivity index (χ1) is 11.3. The van der Waals surface area contributed by atoms with Crippen LogP contribution in [0, 0.1) is 23.2 Å². The molecule has 4 saturated carbocycles. The third-order valence-electron chi connectivity index (χ3n) is 6.67. The van der Waals surface area contributed by atoms with E-state index in [4.69, 9.17) is 0 Å². The van der Waals surface area contributed by atoms with Gasteiger partial charge in [0.05, 0.1) is 0 Å². The van der Waals surface area contributed by atoms with Crippen molar-refractivity contribution in [3.05, 3.63) is 0 Å². The van der Waals surface area contributed by atoms with Crippen LogP contribution in [0.3, 0.4) is 0 Å². The molecule has 0 heterocycles. The molecule has 0 aliphatic heterocycles. The van der Waals surface area contributed by atoms with E-state index < -0.39 is 0 Å². The van der Waals surface area contributed by atoms with Crippen molar-refractivity contribution in [2.75, 3.05) is 6.54 Å². The van der Waals surface area contributed by atoms with Crippen molar-refractivity contribution in [1.29, 1.82) is 0 Å². The van der Waals surface area contributed by atoms with E-state index in [0.29, 0.717) is 12.3 Å². The molecule has 3 nitrogen and oxygen atoms in total. The highest BCUT2D eigenvalue weighted by molar-refractivity contribution is 5.82. The number of amides is 1. The Morgan fingerprint density at radius 3 is 2.00 bits per heavy atom. The number of nitrogens with zero attached hydrogens (tertiary/aromatic N) is 1. The van der Waals surface area contributed by atoms with Gasteiger partial charge in [0.15, 0.2) is 0 Å². The maximum atomic E-state index is 13.3. The zero-order valence-electron chi connectivity index (χ0n) is 15.9. The highest BCUT2D eigenvalue weighted by Gasteiger charge is 2.55. The molecule has 1 amide bonds. The summed E-state index contributed by atoms with van der Waals surface area (Å²) in [5.41, 5.74) is -0.143. The number of hydrogen-bond acceptors (Lipinski definition) is 2. The molecule has 0 saturated heterocycles. The number of unbranched alkanes of at least 4 members (excludes halogenated alkanes) is 3. The Kier molecular flexibility index (Phi) is 5.09. The Morgan fingerprint density at radius 1 is 1.00 bits per heavy atom. The molecule has 136 valence electrons. The summed E-state index contributed by atoms with van der Waals surface area (Å²) in [6.07, 6.45) is 12.7. The van der Waals surface area contributed by atoms with Crippen LogP contribution in [0.25, 0.3) is 0 Å². The maximum Gasteiger partial charge on any atom is 0.228 e. The Morgan fingerprint density at radius 2 is 1.54 bits per heavy atom. The number of hydrogen-bond donors (Lipinski definition) is 0. The van der Waals surface area contributed by atoms with Crippen molar-refractivity contribution in [2.45, 2.75) is 90.5 Å². The van der Waals surface area contributed by atoms with Gasteiger partial charge in [-0.15, -0.1) is 0 Å². The van der Waals surface area contributed by atoms with Crippen LogP contribution < -0.4 is 0 Å². The molecule has 24 heavy (non-hydrogen) atoms. The average Bonchev–Trinajstić information content (AvgIpc) is 2.47. The van der Waals surface area contributed by atoms with Crippen LogP contribution in [0.15, 0.2) is 0 Å². The van der Waals surface area contributed by atoms with Gasteiger partial charge in [-0.2, -0.15) is 0 Å². The average molecular weight is 334 g/mol. The third-order valence-corrected chi connectivity index (χ3v) is 6.67. The van der Waals surface area contributed by atoms with Crippen molar-refractivity contribution in [2.24, 2.45) is 23.2 Å². The predicted octanol–water partition coefficient (Wildman–Crippen LogP) is 4.59. The molecule has 0 unspecified atom stereocenters. The van der Waals surface area contributed by atoms with Gasteiger partial charge >= 0.3 is 0 Å². The zero-order valence-corrected chi connectivity index (χ0v) is 15.9. The normalized spacial score (nSPS) is 34.4. The standard InChI is InChI=1S/C21H35NO2/c1-20(2,3)19(24)22(8-6-4-5-7-9-23)21-13-16-10-17(14-21)12-18(11-16)15-21/h9,16-18H,4-8,10-15H2,1-3H3. The summed E-state index contributed by atoms with van der Waals surface area (Å²) in [7, 11) is 0. The van der Waals surface area contributed by atoms with Crippen LogP contribution in [0.1, 0.15) is 85.0 Å². The molecule has 0 N–H and O–H groups in total. The lowest BCUT2D eigenvalue weighted by Gasteiger charge is -2.61. The van der Waals surface area contributed by atoms with E-state index >= 15 is 0 Å². The lowest BCUT2D eigenvalue weighted by Crippen LogP contribution is -2.63. The molecule has 0 spiro atoms. The Bertz CT molecular complexity index is 441. The summed E-state index contributed by atoms with van der Waals surface area (Å²) in [5, 5.41) is 0. The third kappa shape index (κ3) is 3.55. The second-order valence-corrected chi connectivity index (χ2v) is 9.86. The predicted molar refractivity (Wildman–Crippen MR) is 96.6 cm³/mol. The lowest BCUT2D eigenvalue weighted by molar-refractivity contribution is -0.159. The fourth-order valence-electron chi connectivity index (χ4n) is 6.03. The van der Waals surface area contributed by atoms with Gasteiger partial charge in [0.25, 0.3) is 0 Å². The molecule has 4 fully saturated rings. The zero-order chi connectivity index (χ0) is 17.4. The second kappa shape index (κ2) is 6.80. The van der Waals surface area contributed by atoms with Gasteiger partial charge in [0.2, 0.25) is 5.91 Å². The highest BCUT2D eigenvalue weighted by Crippen LogP contribution is 2.58. The van der Waals surface area contributed by atoms with E-state index in [1.54, 1.807) is 0 Å². The van der Waals surface area contributed by atoms with E-state index in [0.717, 1.165) is 49.8 Å². The SMILES string of the molecule is CC(C)(C)C(=O)N(CCCCCC=O)C12CC3CC(CC(C3)C1)C2. The summed E-state index contributed by atoms with van der Waals surface area (Å²) in [6.45, 7) is 7.08. The van der Waals surface area contributed by atoms with Crippen molar-refractivity contribution in [3.8, 4) is 0 Å². The Hall–Kier alpha value is -0.860. The fourth-order valence-corrected chi connectivity index (χ4v) is 6.03. The summed E-state index contributed by atoms with van der Waals surface area (Å²) < 4.78 is 0. The summed E-state index contributed by atoms with van der Waals surface area (Å²) in [4.78, 5) is 26.1. The van der Waals surface area contributed by atoms with Crippen molar-refractivity contribution < 1.29 is 9.59 Å². The van der Waals surface area contributed by atoms with Crippen molar-refractivity contribution >= 4 is 12.2 Å². The molecule has 0 aromatic carbocycles. The summed E-state index contributed by atoms with van der Waals surface area (Å²) >= 11 is 0. The topological polar surface area (TPSA) is 37.4 Å². The first kappa shape index (κ1) is 17.9. The number of carbonyl (C=O) groups excluding carboxylic acids is 2. The minimum absolute atomic E-state index is 0.157. The quantitative estimate of drug-likeness (QED) is 0.505. The molecule has 0 aromatic rings. The molecular formula is C21H35NO2. The van der Waals surface area contributed by atoms with Gasteiger partial charge in [-0.05, 0) is 69.1 Å². The van der Waals surface area contributed by atoms with Gasteiger partial charge in [-0.25, -0.2) is 0 Å². The van der Waals surface area contributed by atoms with Crippen LogP contribution in [0.2, 0.25) is 0 Å². The number of aldehydes is 1. The molecule has 3 heteroatoms. The smallest absolute Gasteiger partial charge is 0.228 e. The summed E-state index contributed by atoms with van der Waals surface area (Å²) in [6, 6.07) is 0. The Labute approximate surface area is 147 Å². The molecule has 0 aromatic heterocycles. The van der Waals surface area contributed by atoms with Crippen LogP contribution in [0.5, 0.6) is 0 Å². The number of carbonyl (C=O) groups is 2. The first-order valence-electron chi connectivity index (χ1n) is 10.1. The van der Waals surface area contributed by atoms with Crippen molar-refractivity contribution in [3.63, 3.8) is 0 Å². The molecule has 4 rings (SSSR count). The fraction of sp³-hybridized carbons (Fsp3) is 0.905. The van der Waals surface area contributed by atoms with Crippen LogP contribution in [0.4, 0.5) is 0 Å². The molecule has 4 aliphatic rings. The van der Waals surface area contributed by atoms with Gasteiger partial charge in [-0.3, -0.25) is 4.79 Å². The van der Waals surface area contributed by atoms with Crippen LogP contribution in [-0.2, 0) is 9.59 Å². The van der Waals surface area contributed by atoms with Gasteiger partial charge in [0.1, 0.15) is 6.29 Å². The van der Waals surface area contributed by atoms with Crippen molar-refractivity contribution in [1.82, 2.24) is 4.90 Å². The molecule has 0 radical (unpaired) electrons. The van der Waals surface area contributed by atoms with E-state index in [1.807, 2.05) is 0 Å². The van der Waals surface area contributed by atoms with E-state index in [9.17, 15) is 9.59 Å². The maximum absolute atomic E-state index is 13.3. The summed E-state index contributed by atoms with van der Waals surface area (Å²) in [5.74, 6) is 2.93. The Balaban J connectivity index is 1.74. The molecular weight excluding hydrogens is 298 g/mol. The van der Waals surface area contributed by atoms with Crippen LogP contribution >= 0.6 is 0 Å². The monoisotopic (exact) mass is 333 g/mol. The van der Waals surface area contributed by atoms with E-state index in [-0.39, 0.29) is 11.0 Å². The first-order valence-corrected chi connectivity index (χ1v) is 10.1. The highest BCUT2D eigenvalue weighted by atomic mass is 16.2. The minimum Gasteiger partial charge on any atom is -0.337 e. The van der Waals surface area contributed by atoms with E-state index in [1.165, 1.54) is 38.5 Å². The minimum atomic E-state index is -0.299. The number of rotatable bonds is 7. The molecule has 4 bridgehead atoms. The largest absolute Gasteiger partial charge is 0.337 e. The van der Waals surface area contributed by atoms with Gasteiger partial charge in [0, 0.05) is 23.9 Å².